The van der Waals surface area contributed by atoms with Gasteiger partial charge in [0.1, 0.15) is 0 Å². The van der Waals surface area contributed by atoms with E-state index in [1.807, 2.05) is 24.0 Å². The van der Waals surface area contributed by atoms with Crippen molar-refractivity contribution in [1.29, 1.82) is 0 Å². The van der Waals surface area contributed by atoms with Gasteiger partial charge in [-0.25, -0.2) is 0 Å². The number of rotatable bonds is 5. The van der Waals surface area contributed by atoms with Crippen LogP contribution in [0.1, 0.15) is 0 Å². The van der Waals surface area contributed by atoms with Crippen LogP contribution >= 0.6 is 0 Å². The highest BCUT2D eigenvalue weighted by Crippen LogP contribution is 2.19. The Bertz CT molecular complexity index is 307. The minimum Gasteiger partial charge on any atom is -0.382 e. The van der Waals surface area contributed by atoms with Gasteiger partial charge in [-0.05, 0) is 0 Å². The molecule has 1 fully saturated rings. The van der Waals surface area contributed by atoms with Crippen LogP contribution in [0.5, 0.6) is 0 Å². The van der Waals surface area contributed by atoms with Crippen LogP contribution in [0.15, 0.2) is 12.3 Å². The standard InChI is InChI=1S/C10H17N3O2/c1-12-4-3-10(11-12)13-7-9(8-13)15-6-5-14-2/h3-4,9H,5-8H2,1-2H3. The van der Waals surface area contributed by atoms with E-state index in [-0.39, 0.29) is 0 Å². The van der Waals surface area contributed by atoms with Crippen LogP contribution in [-0.2, 0) is 16.5 Å². The van der Waals surface area contributed by atoms with Crippen molar-refractivity contribution in [1.82, 2.24) is 9.78 Å². The molecule has 5 nitrogen and oxygen atoms in total. The first kappa shape index (κ1) is 10.4. The highest BCUT2D eigenvalue weighted by molar-refractivity contribution is 5.40. The summed E-state index contributed by atoms with van der Waals surface area (Å²) in [5.41, 5.74) is 0. The minimum absolute atomic E-state index is 0.335. The Labute approximate surface area is 89.6 Å². The third kappa shape index (κ3) is 2.49. The lowest BCUT2D eigenvalue weighted by Gasteiger charge is -2.38. The summed E-state index contributed by atoms with van der Waals surface area (Å²) in [6, 6.07) is 2.02. The number of hydrogen-bond donors (Lipinski definition) is 0. The molecule has 0 spiro atoms. The molecule has 2 heterocycles. The molecular weight excluding hydrogens is 194 g/mol. The Hall–Kier alpha value is -1.07. The van der Waals surface area contributed by atoms with Crippen molar-refractivity contribution >= 4 is 5.82 Å². The number of ether oxygens (including phenoxy) is 2. The van der Waals surface area contributed by atoms with Gasteiger partial charge < -0.3 is 14.4 Å². The van der Waals surface area contributed by atoms with E-state index in [0.717, 1.165) is 18.9 Å². The van der Waals surface area contributed by atoms with Crippen molar-refractivity contribution in [2.24, 2.45) is 7.05 Å². The largest absolute Gasteiger partial charge is 0.382 e. The molecule has 0 aliphatic carbocycles. The molecule has 0 aromatic carbocycles. The first-order chi connectivity index (χ1) is 7.29. The van der Waals surface area contributed by atoms with Gasteiger partial charge in [0.2, 0.25) is 0 Å². The summed E-state index contributed by atoms with van der Waals surface area (Å²) in [6.45, 7) is 3.21. The fourth-order valence-corrected chi connectivity index (χ4v) is 1.60. The summed E-state index contributed by atoms with van der Waals surface area (Å²) >= 11 is 0. The summed E-state index contributed by atoms with van der Waals surface area (Å²) in [6.07, 6.45) is 2.29. The molecule has 1 saturated heterocycles. The second-order valence-electron chi connectivity index (χ2n) is 3.74. The maximum atomic E-state index is 5.58. The zero-order chi connectivity index (χ0) is 10.7. The quantitative estimate of drug-likeness (QED) is 0.655. The average molecular weight is 211 g/mol. The second-order valence-corrected chi connectivity index (χ2v) is 3.74. The maximum absolute atomic E-state index is 5.58. The van der Waals surface area contributed by atoms with Crippen molar-refractivity contribution < 1.29 is 9.47 Å². The van der Waals surface area contributed by atoms with Gasteiger partial charge in [0.05, 0.1) is 19.3 Å². The zero-order valence-corrected chi connectivity index (χ0v) is 9.22. The van der Waals surface area contributed by atoms with Gasteiger partial charge in [-0.15, -0.1) is 0 Å². The molecule has 0 atom stereocenters. The molecule has 15 heavy (non-hydrogen) atoms. The number of aromatic nitrogens is 2. The molecule has 0 radical (unpaired) electrons. The Morgan fingerprint density at radius 2 is 2.27 bits per heavy atom. The van der Waals surface area contributed by atoms with Crippen molar-refractivity contribution in [3.63, 3.8) is 0 Å². The number of nitrogens with zero attached hydrogens (tertiary/aromatic N) is 3. The van der Waals surface area contributed by atoms with Crippen molar-refractivity contribution in [2.45, 2.75) is 6.10 Å². The maximum Gasteiger partial charge on any atom is 0.150 e. The topological polar surface area (TPSA) is 39.5 Å². The normalized spacial score (nSPS) is 16.8. The third-order valence-electron chi connectivity index (χ3n) is 2.51. The van der Waals surface area contributed by atoms with E-state index in [4.69, 9.17) is 9.47 Å². The second kappa shape index (κ2) is 4.63. The lowest BCUT2D eigenvalue weighted by atomic mass is 10.2. The molecule has 1 aromatic heterocycles. The predicted molar refractivity (Wildman–Crippen MR) is 57.0 cm³/mol. The fraction of sp³-hybridized carbons (Fsp3) is 0.700. The highest BCUT2D eigenvalue weighted by atomic mass is 16.5. The minimum atomic E-state index is 0.335. The third-order valence-corrected chi connectivity index (χ3v) is 2.51. The fourth-order valence-electron chi connectivity index (χ4n) is 1.60. The molecular formula is C10H17N3O2. The Kier molecular flexibility index (Phi) is 3.23. The number of hydrogen-bond acceptors (Lipinski definition) is 4. The van der Waals surface area contributed by atoms with E-state index in [2.05, 4.69) is 10.00 Å². The molecule has 0 amide bonds. The molecule has 1 aliphatic heterocycles. The summed E-state index contributed by atoms with van der Waals surface area (Å²) in [5, 5.41) is 4.33. The van der Waals surface area contributed by atoms with E-state index < -0.39 is 0 Å². The summed E-state index contributed by atoms with van der Waals surface area (Å²) < 4.78 is 12.3. The van der Waals surface area contributed by atoms with Crippen LogP contribution in [0, 0.1) is 0 Å². The molecule has 0 N–H and O–H groups in total. The molecule has 0 bridgehead atoms. The first-order valence-electron chi connectivity index (χ1n) is 5.14. The van der Waals surface area contributed by atoms with E-state index in [1.54, 1.807) is 7.11 Å². The molecule has 84 valence electrons. The van der Waals surface area contributed by atoms with Crippen LogP contribution in [-0.4, -0.2) is 49.3 Å². The number of aryl methyl sites for hydroxylation is 1. The van der Waals surface area contributed by atoms with Gasteiger partial charge in [-0.3, -0.25) is 4.68 Å². The molecule has 2 rings (SSSR count). The average Bonchev–Trinajstić information content (AvgIpc) is 2.56. The van der Waals surface area contributed by atoms with Crippen molar-refractivity contribution in [3.8, 4) is 0 Å². The number of anilines is 1. The van der Waals surface area contributed by atoms with Crippen LogP contribution in [0.3, 0.4) is 0 Å². The van der Waals surface area contributed by atoms with E-state index in [9.17, 15) is 0 Å². The van der Waals surface area contributed by atoms with E-state index in [1.165, 1.54) is 0 Å². The van der Waals surface area contributed by atoms with Crippen LogP contribution < -0.4 is 4.90 Å². The van der Waals surface area contributed by atoms with Gasteiger partial charge in [-0.2, -0.15) is 5.10 Å². The van der Waals surface area contributed by atoms with Crippen LogP contribution in [0.25, 0.3) is 0 Å². The smallest absolute Gasteiger partial charge is 0.150 e. The monoisotopic (exact) mass is 211 g/mol. The summed E-state index contributed by atoms with van der Waals surface area (Å²) in [4.78, 5) is 2.21. The van der Waals surface area contributed by atoms with Gasteiger partial charge in [0.25, 0.3) is 0 Å². The summed E-state index contributed by atoms with van der Waals surface area (Å²) in [5.74, 6) is 1.03. The molecule has 1 aromatic rings. The molecule has 5 heteroatoms. The Morgan fingerprint density at radius 1 is 1.47 bits per heavy atom. The van der Waals surface area contributed by atoms with Crippen LogP contribution in [0.2, 0.25) is 0 Å². The SMILES string of the molecule is COCCOC1CN(c2ccn(C)n2)C1. The highest BCUT2D eigenvalue weighted by Gasteiger charge is 2.28. The van der Waals surface area contributed by atoms with Crippen molar-refractivity contribution in [2.75, 3.05) is 38.3 Å². The molecule has 1 aliphatic rings. The van der Waals surface area contributed by atoms with Crippen LogP contribution in [0.4, 0.5) is 5.82 Å². The molecule has 0 saturated carbocycles. The van der Waals surface area contributed by atoms with Gasteiger partial charge >= 0.3 is 0 Å². The lowest BCUT2D eigenvalue weighted by molar-refractivity contribution is 0.00373. The van der Waals surface area contributed by atoms with E-state index >= 15 is 0 Å². The van der Waals surface area contributed by atoms with Crippen molar-refractivity contribution in [3.05, 3.63) is 12.3 Å². The van der Waals surface area contributed by atoms with E-state index in [0.29, 0.717) is 19.3 Å². The number of methoxy groups -OCH3 is 1. The predicted octanol–water partition coefficient (Wildman–Crippen LogP) is 0.272. The van der Waals surface area contributed by atoms with Gasteiger partial charge in [-0.1, -0.05) is 0 Å². The Morgan fingerprint density at radius 3 is 2.87 bits per heavy atom. The van der Waals surface area contributed by atoms with Gasteiger partial charge in [0.15, 0.2) is 5.82 Å². The zero-order valence-electron chi connectivity index (χ0n) is 9.22. The first-order valence-corrected chi connectivity index (χ1v) is 5.14. The summed E-state index contributed by atoms with van der Waals surface area (Å²) in [7, 11) is 3.61. The lowest BCUT2D eigenvalue weighted by Crippen LogP contribution is -2.52. The van der Waals surface area contributed by atoms with Gasteiger partial charge in [0, 0.05) is 39.5 Å². The molecule has 0 unspecified atom stereocenters. The Balaban J connectivity index is 1.69.